The fourth-order valence-corrected chi connectivity index (χ4v) is 5.39. The first kappa shape index (κ1) is 22.3. The van der Waals surface area contributed by atoms with Crippen molar-refractivity contribution in [2.24, 2.45) is 5.73 Å². The van der Waals surface area contributed by atoms with Crippen LogP contribution in [0.25, 0.3) is 0 Å². The Balaban J connectivity index is 1.44. The van der Waals surface area contributed by atoms with E-state index in [1.807, 2.05) is 6.07 Å². The lowest BCUT2D eigenvalue weighted by molar-refractivity contribution is -0.136. The summed E-state index contributed by atoms with van der Waals surface area (Å²) in [4.78, 5) is 53.8. The molecule has 3 aliphatic heterocycles. The number of rotatable bonds is 6. The van der Waals surface area contributed by atoms with E-state index in [1.54, 1.807) is 12.1 Å². The predicted molar refractivity (Wildman–Crippen MR) is 126 cm³/mol. The van der Waals surface area contributed by atoms with Gasteiger partial charge < -0.3 is 10.6 Å². The second kappa shape index (κ2) is 9.02. The predicted octanol–water partition coefficient (Wildman–Crippen LogP) is 1.93. The van der Waals surface area contributed by atoms with Crippen LogP contribution < -0.4 is 16.0 Å². The fraction of sp³-hybridized carbons (Fsp3) is 0.385. The summed E-state index contributed by atoms with van der Waals surface area (Å²) in [5, 5.41) is 2.25. The van der Waals surface area contributed by atoms with Crippen LogP contribution in [0.3, 0.4) is 0 Å². The topological polar surface area (TPSA) is 113 Å². The Bertz CT molecular complexity index is 1190. The van der Waals surface area contributed by atoms with Crippen LogP contribution in [0.2, 0.25) is 0 Å². The Kier molecular flexibility index (Phi) is 5.91. The smallest absolute Gasteiger partial charge is 0.262 e. The standard InChI is InChI=1S/C26H28N4O4/c27-13-3-7-16-5-2-10-20-18(16)9-4-14-29(20)15-17-6-1-8-19-23(17)26(34)30(25(19)33)21-11-12-22(31)28-24(21)32/h1-2,5-6,8,10,21H,3-4,7,9,11-15,27H2,(H,28,31,32). The molecule has 0 saturated carbocycles. The molecule has 8 heteroatoms. The van der Waals surface area contributed by atoms with Gasteiger partial charge in [-0.1, -0.05) is 24.3 Å². The van der Waals surface area contributed by atoms with Crippen molar-refractivity contribution in [3.63, 3.8) is 0 Å². The molecule has 1 unspecified atom stereocenters. The van der Waals surface area contributed by atoms with Crippen molar-refractivity contribution in [1.29, 1.82) is 0 Å². The first-order chi connectivity index (χ1) is 16.5. The van der Waals surface area contributed by atoms with E-state index in [9.17, 15) is 19.2 Å². The third-order valence-electron chi connectivity index (χ3n) is 7.01. The number of hydrogen-bond donors (Lipinski definition) is 2. The Morgan fingerprint density at radius 3 is 2.56 bits per heavy atom. The van der Waals surface area contributed by atoms with Gasteiger partial charge in [0.15, 0.2) is 0 Å². The summed E-state index contributed by atoms with van der Waals surface area (Å²) < 4.78 is 0. The molecule has 34 heavy (non-hydrogen) atoms. The highest BCUT2D eigenvalue weighted by Crippen LogP contribution is 2.34. The number of aryl methyl sites for hydroxylation is 1. The maximum absolute atomic E-state index is 13.4. The lowest BCUT2D eigenvalue weighted by Crippen LogP contribution is -2.54. The summed E-state index contributed by atoms with van der Waals surface area (Å²) in [6, 6.07) is 10.7. The molecule has 4 amide bonds. The van der Waals surface area contributed by atoms with E-state index in [2.05, 4.69) is 28.4 Å². The van der Waals surface area contributed by atoms with E-state index in [0.717, 1.165) is 48.4 Å². The number of fused-ring (bicyclic) bond motifs is 2. The molecular weight excluding hydrogens is 432 g/mol. The van der Waals surface area contributed by atoms with E-state index in [-0.39, 0.29) is 18.7 Å². The average molecular weight is 461 g/mol. The Hall–Kier alpha value is -3.52. The molecular formula is C26H28N4O4. The Labute approximate surface area is 198 Å². The van der Waals surface area contributed by atoms with Gasteiger partial charge in [-0.2, -0.15) is 0 Å². The van der Waals surface area contributed by atoms with Crippen molar-refractivity contribution < 1.29 is 19.2 Å². The highest BCUT2D eigenvalue weighted by Gasteiger charge is 2.45. The van der Waals surface area contributed by atoms with Crippen molar-refractivity contribution >= 4 is 29.3 Å². The SMILES string of the molecule is NCCCc1cccc2c1CCCN2Cc1cccc2c1C(=O)N(C1CCC(=O)NC1=O)C2=O. The summed E-state index contributed by atoms with van der Waals surface area (Å²) in [5.74, 6) is -1.91. The molecule has 1 saturated heterocycles. The van der Waals surface area contributed by atoms with Gasteiger partial charge in [-0.3, -0.25) is 29.4 Å². The molecule has 1 atom stereocenters. The maximum Gasteiger partial charge on any atom is 0.262 e. The number of benzene rings is 2. The van der Waals surface area contributed by atoms with Gasteiger partial charge in [0.2, 0.25) is 11.8 Å². The average Bonchev–Trinajstić information content (AvgIpc) is 3.09. The number of nitrogens with one attached hydrogen (secondary N) is 1. The highest BCUT2D eigenvalue weighted by molar-refractivity contribution is 6.24. The summed E-state index contributed by atoms with van der Waals surface area (Å²) in [7, 11) is 0. The number of carbonyl (C=O) groups excluding carboxylic acids is 4. The first-order valence-electron chi connectivity index (χ1n) is 11.9. The molecule has 0 aliphatic carbocycles. The lowest BCUT2D eigenvalue weighted by atomic mass is 9.93. The van der Waals surface area contributed by atoms with Gasteiger partial charge in [-0.05, 0) is 67.5 Å². The van der Waals surface area contributed by atoms with Crippen LogP contribution in [0.4, 0.5) is 5.69 Å². The third kappa shape index (κ3) is 3.77. The molecule has 1 fully saturated rings. The van der Waals surface area contributed by atoms with E-state index >= 15 is 0 Å². The number of amides is 4. The number of carbonyl (C=O) groups is 4. The van der Waals surface area contributed by atoms with E-state index in [0.29, 0.717) is 24.2 Å². The number of anilines is 1. The number of nitrogens with two attached hydrogens (primary N) is 1. The minimum absolute atomic E-state index is 0.105. The molecule has 176 valence electrons. The number of hydrogen-bond acceptors (Lipinski definition) is 6. The molecule has 3 N–H and O–H groups in total. The molecule has 2 aromatic carbocycles. The summed E-state index contributed by atoms with van der Waals surface area (Å²) in [5.41, 5.74) is 11.0. The van der Waals surface area contributed by atoms with Gasteiger partial charge >= 0.3 is 0 Å². The minimum atomic E-state index is -0.959. The monoisotopic (exact) mass is 460 g/mol. The van der Waals surface area contributed by atoms with E-state index in [4.69, 9.17) is 5.73 Å². The van der Waals surface area contributed by atoms with Crippen LogP contribution in [-0.4, -0.2) is 47.7 Å². The van der Waals surface area contributed by atoms with Crippen LogP contribution >= 0.6 is 0 Å². The van der Waals surface area contributed by atoms with Crippen LogP contribution in [0.15, 0.2) is 36.4 Å². The van der Waals surface area contributed by atoms with Crippen molar-refractivity contribution in [2.75, 3.05) is 18.0 Å². The summed E-state index contributed by atoms with van der Waals surface area (Å²) in [6.07, 6.45) is 4.17. The van der Waals surface area contributed by atoms with E-state index < -0.39 is 23.8 Å². The zero-order chi connectivity index (χ0) is 23.8. The van der Waals surface area contributed by atoms with Gasteiger partial charge in [-0.25, -0.2) is 0 Å². The van der Waals surface area contributed by atoms with Crippen LogP contribution in [-0.2, 0) is 29.0 Å². The third-order valence-corrected chi connectivity index (χ3v) is 7.01. The van der Waals surface area contributed by atoms with Crippen molar-refractivity contribution in [3.8, 4) is 0 Å². The van der Waals surface area contributed by atoms with Crippen molar-refractivity contribution in [1.82, 2.24) is 10.2 Å². The molecule has 0 bridgehead atoms. The highest BCUT2D eigenvalue weighted by atomic mass is 16.2. The molecule has 0 radical (unpaired) electrons. The second-order valence-corrected chi connectivity index (χ2v) is 9.12. The van der Waals surface area contributed by atoms with Gasteiger partial charge in [0.1, 0.15) is 6.04 Å². The minimum Gasteiger partial charge on any atom is -0.367 e. The van der Waals surface area contributed by atoms with Crippen LogP contribution in [0.5, 0.6) is 0 Å². The molecule has 0 spiro atoms. The fourth-order valence-electron chi connectivity index (χ4n) is 5.39. The number of piperidine rings is 1. The van der Waals surface area contributed by atoms with Crippen molar-refractivity contribution in [3.05, 3.63) is 64.2 Å². The van der Waals surface area contributed by atoms with Gasteiger partial charge in [0, 0.05) is 25.2 Å². The zero-order valence-corrected chi connectivity index (χ0v) is 19.0. The maximum atomic E-state index is 13.4. The summed E-state index contributed by atoms with van der Waals surface area (Å²) in [6.45, 7) is 2.01. The van der Waals surface area contributed by atoms with Crippen LogP contribution in [0, 0.1) is 0 Å². The first-order valence-corrected chi connectivity index (χ1v) is 11.9. The number of nitrogens with zero attached hydrogens (tertiary/aromatic N) is 2. The zero-order valence-electron chi connectivity index (χ0n) is 19.0. The van der Waals surface area contributed by atoms with Gasteiger partial charge in [0.05, 0.1) is 11.1 Å². The van der Waals surface area contributed by atoms with Crippen molar-refractivity contribution in [2.45, 2.75) is 51.1 Å². The molecule has 8 nitrogen and oxygen atoms in total. The molecule has 2 aromatic rings. The normalized spacial score (nSPS) is 19.9. The van der Waals surface area contributed by atoms with Crippen LogP contribution in [0.1, 0.15) is 63.1 Å². The van der Waals surface area contributed by atoms with E-state index in [1.165, 1.54) is 11.1 Å². The molecule has 0 aromatic heterocycles. The Morgan fingerprint density at radius 2 is 1.76 bits per heavy atom. The lowest BCUT2D eigenvalue weighted by Gasteiger charge is -2.33. The quantitative estimate of drug-likeness (QED) is 0.637. The largest absolute Gasteiger partial charge is 0.367 e. The number of imide groups is 2. The van der Waals surface area contributed by atoms with Gasteiger partial charge in [-0.15, -0.1) is 0 Å². The van der Waals surface area contributed by atoms with Gasteiger partial charge in [0.25, 0.3) is 11.8 Å². The molecule has 3 aliphatic rings. The molecule has 3 heterocycles. The Morgan fingerprint density at radius 1 is 0.971 bits per heavy atom. The molecule has 5 rings (SSSR count). The second-order valence-electron chi connectivity index (χ2n) is 9.12. The summed E-state index contributed by atoms with van der Waals surface area (Å²) >= 11 is 0.